The van der Waals surface area contributed by atoms with Crippen molar-refractivity contribution in [1.29, 1.82) is 0 Å². The zero-order valence-corrected chi connectivity index (χ0v) is 14.0. The number of hydrogen-bond donors (Lipinski definition) is 0. The molecule has 0 fully saturated rings. The Morgan fingerprint density at radius 2 is 1.96 bits per heavy atom. The minimum atomic E-state index is 0.537. The molecule has 3 aromatic rings. The van der Waals surface area contributed by atoms with Crippen LogP contribution in [-0.4, -0.2) is 17.0 Å². The maximum absolute atomic E-state index is 5.93. The first-order valence-corrected chi connectivity index (χ1v) is 8.80. The Labute approximate surface area is 139 Å². The van der Waals surface area contributed by atoms with Crippen LogP contribution in [0.2, 0.25) is 0 Å². The van der Waals surface area contributed by atoms with Crippen molar-refractivity contribution in [2.24, 2.45) is 0 Å². The van der Waals surface area contributed by atoms with Crippen molar-refractivity contribution in [3.05, 3.63) is 52.7 Å². The molecular weight excluding hydrogens is 306 g/mol. The highest BCUT2D eigenvalue weighted by Crippen LogP contribution is 2.39. The lowest BCUT2D eigenvalue weighted by Gasteiger charge is -2.19. The van der Waals surface area contributed by atoms with E-state index in [1.165, 1.54) is 35.1 Å². The molecule has 0 atom stereocenters. The summed E-state index contributed by atoms with van der Waals surface area (Å²) in [6.45, 7) is 0.537. The van der Waals surface area contributed by atoms with Gasteiger partial charge in [0.2, 0.25) is 0 Å². The summed E-state index contributed by atoms with van der Waals surface area (Å²) in [5.74, 6) is 0.880. The summed E-state index contributed by atoms with van der Waals surface area (Å²) in [5.41, 5.74) is 2.58. The van der Waals surface area contributed by atoms with E-state index in [2.05, 4.69) is 22.1 Å². The highest BCUT2D eigenvalue weighted by molar-refractivity contribution is 7.19. The van der Waals surface area contributed by atoms with E-state index in [1.807, 2.05) is 36.6 Å². The fourth-order valence-corrected chi connectivity index (χ4v) is 4.34. The lowest BCUT2D eigenvalue weighted by molar-refractivity contribution is 0.107. The van der Waals surface area contributed by atoms with E-state index in [1.54, 1.807) is 11.4 Å². The molecule has 0 saturated carbocycles. The molecule has 1 aliphatic rings. The van der Waals surface area contributed by atoms with Gasteiger partial charge in [-0.1, -0.05) is 30.3 Å². The van der Waals surface area contributed by atoms with Crippen molar-refractivity contribution >= 4 is 27.4 Å². The van der Waals surface area contributed by atoms with Gasteiger partial charge in [-0.3, -0.25) is 4.84 Å². The molecule has 2 aromatic heterocycles. The summed E-state index contributed by atoms with van der Waals surface area (Å²) < 4.78 is 0. The number of aryl methyl sites for hydroxylation is 2. The summed E-state index contributed by atoms with van der Waals surface area (Å²) in [5, 5.41) is 2.97. The Balaban J connectivity index is 1.64. The number of aromatic nitrogens is 2. The second kappa shape index (κ2) is 6.26. The minimum absolute atomic E-state index is 0.537. The normalized spacial score (nSPS) is 14.0. The summed E-state index contributed by atoms with van der Waals surface area (Å²) in [6, 6.07) is 10.2. The van der Waals surface area contributed by atoms with Gasteiger partial charge in [0.25, 0.3) is 0 Å². The quantitative estimate of drug-likeness (QED) is 0.676. The molecule has 0 aliphatic heterocycles. The summed E-state index contributed by atoms with van der Waals surface area (Å²) in [6.07, 6.45) is 6.47. The van der Waals surface area contributed by atoms with Crippen LogP contribution in [0.5, 0.6) is 0 Å². The van der Waals surface area contributed by atoms with Gasteiger partial charge in [0, 0.05) is 11.9 Å². The average molecular weight is 325 g/mol. The van der Waals surface area contributed by atoms with Gasteiger partial charge in [0.05, 0.1) is 12.0 Å². The fraction of sp³-hybridized carbons (Fsp3) is 0.333. The molecule has 0 N–H and O–H groups in total. The van der Waals surface area contributed by atoms with Gasteiger partial charge in [0.1, 0.15) is 11.2 Å². The molecule has 5 heteroatoms. The lowest BCUT2D eigenvalue weighted by atomic mass is 9.97. The first kappa shape index (κ1) is 14.6. The van der Waals surface area contributed by atoms with Crippen LogP contribution in [0.1, 0.15) is 28.8 Å². The van der Waals surface area contributed by atoms with Gasteiger partial charge in [-0.15, -0.1) is 11.3 Å². The van der Waals surface area contributed by atoms with Crippen LogP contribution >= 0.6 is 11.3 Å². The van der Waals surface area contributed by atoms with Crippen molar-refractivity contribution in [2.45, 2.75) is 32.3 Å². The van der Waals surface area contributed by atoms with E-state index in [-0.39, 0.29) is 0 Å². The van der Waals surface area contributed by atoms with Crippen LogP contribution in [-0.2, 0) is 24.3 Å². The molecule has 2 heterocycles. The van der Waals surface area contributed by atoms with Gasteiger partial charge in [0.15, 0.2) is 5.82 Å². The van der Waals surface area contributed by atoms with Crippen LogP contribution < -0.4 is 5.06 Å². The van der Waals surface area contributed by atoms with Crippen molar-refractivity contribution in [3.8, 4) is 0 Å². The SMILES string of the molecule is CN(OCc1ccccc1)c1ncnc2sc3c(c12)CCCC3. The van der Waals surface area contributed by atoms with Crippen molar-refractivity contribution < 1.29 is 4.84 Å². The number of fused-ring (bicyclic) bond motifs is 3. The summed E-state index contributed by atoms with van der Waals surface area (Å²) in [7, 11) is 1.93. The molecule has 1 aromatic carbocycles. The van der Waals surface area contributed by atoms with Crippen LogP contribution in [0.3, 0.4) is 0 Å². The Morgan fingerprint density at radius 1 is 1.13 bits per heavy atom. The van der Waals surface area contributed by atoms with Crippen LogP contribution in [0, 0.1) is 0 Å². The largest absolute Gasteiger partial charge is 0.267 e. The molecule has 0 saturated heterocycles. The first-order chi connectivity index (χ1) is 11.3. The highest BCUT2D eigenvalue weighted by Gasteiger charge is 2.21. The predicted molar refractivity (Wildman–Crippen MR) is 93.7 cm³/mol. The maximum Gasteiger partial charge on any atom is 0.164 e. The molecule has 0 spiro atoms. The topological polar surface area (TPSA) is 38.2 Å². The smallest absolute Gasteiger partial charge is 0.164 e. The molecule has 118 valence electrons. The van der Waals surface area contributed by atoms with Gasteiger partial charge >= 0.3 is 0 Å². The molecule has 1 aliphatic carbocycles. The zero-order chi connectivity index (χ0) is 15.6. The summed E-state index contributed by atoms with van der Waals surface area (Å²) in [4.78, 5) is 17.5. The highest BCUT2D eigenvalue weighted by atomic mass is 32.1. The second-order valence-electron chi connectivity index (χ2n) is 5.84. The third-order valence-corrected chi connectivity index (χ3v) is 5.50. The first-order valence-electron chi connectivity index (χ1n) is 7.99. The maximum atomic E-state index is 5.93. The van der Waals surface area contributed by atoms with E-state index in [4.69, 9.17) is 4.84 Å². The Bertz CT molecular complexity index is 816. The number of hydrogen-bond acceptors (Lipinski definition) is 5. The zero-order valence-electron chi connectivity index (χ0n) is 13.2. The number of thiophene rings is 1. The van der Waals surface area contributed by atoms with E-state index < -0.39 is 0 Å². The third kappa shape index (κ3) is 2.82. The van der Waals surface area contributed by atoms with E-state index in [0.717, 1.165) is 22.6 Å². The molecular formula is C18H19N3OS. The predicted octanol–water partition coefficient (Wildman–Crippen LogP) is 4.14. The van der Waals surface area contributed by atoms with Crippen LogP contribution in [0.4, 0.5) is 5.82 Å². The lowest BCUT2D eigenvalue weighted by Crippen LogP contribution is -2.19. The number of benzene rings is 1. The van der Waals surface area contributed by atoms with Crippen LogP contribution in [0.25, 0.3) is 10.2 Å². The van der Waals surface area contributed by atoms with E-state index >= 15 is 0 Å². The number of hydroxylamine groups is 1. The van der Waals surface area contributed by atoms with E-state index in [0.29, 0.717) is 6.61 Å². The Kier molecular flexibility index (Phi) is 3.97. The molecule has 4 nitrogen and oxygen atoms in total. The second-order valence-corrected chi connectivity index (χ2v) is 6.93. The van der Waals surface area contributed by atoms with E-state index in [9.17, 15) is 0 Å². The van der Waals surface area contributed by atoms with Crippen molar-refractivity contribution in [2.75, 3.05) is 12.1 Å². The molecule has 0 amide bonds. The van der Waals surface area contributed by atoms with Crippen molar-refractivity contribution in [3.63, 3.8) is 0 Å². The fourth-order valence-electron chi connectivity index (χ4n) is 3.12. The average Bonchev–Trinajstić information content (AvgIpc) is 2.99. The Morgan fingerprint density at radius 3 is 2.83 bits per heavy atom. The number of rotatable bonds is 4. The Hall–Kier alpha value is -1.98. The molecule has 0 bridgehead atoms. The molecule has 4 rings (SSSR count). The molecule has 23 heavy (non-hydrogen) atoms. The minimum Gasteiger partial charge on any atom is -0.267 e. The van der Waals surface area contributed by atoms with Gasteiger partial charge in [-0.25, -0.2) is 15.0 Å². The van der Waals surface area contributed by atoms with Gasteiger partial charge in [-0.05, 0) is 36.8 Å². The van der Waals surface area contributed by atoms with Gasteiger partial charge in [-0.2, -0.15) is 0 Å². The molecule has 0 radical (unpaired) electrons. The van der Waals surface area contributed by atoms with Gasteiger partial charge < -0.3 is 0 Å². The standard InChI is InChI=1S/C18H19N3OS/c1-21(22-11-13-7-3-2-4-8-13)17-16-14-9-5-6-10-15(14)23-18(16)20-12-19-17/h2-4,7-8,12H,5-6,9-11H2,1H3. The van der Waals surface area contributed by atoms with Crippen LogP contribution in [0.15, 0.2) is 36.7 Å². The third-order valence-electron chi connectivity index (χ3n) is 4.30. The summed E-state index contributed by atoms with van der Waals surface area (Å²) >= 11 is 1.81. The number of anilines is 1. The molecule has 0 unspecified atom stereocenters. The number of nitrogens with zero attached hydrogens (tertiary/aromatic N) is 3. The monoisotopic (exact) mass is 325 g/mol. The van der Waals surface area contributed by atoms with Crippen molar-refractivity contribution in [1.82, 2.24) is 9.97 Å².